The normalized spacial score (nSPS) is 26.3. The van der Waals surface area contributed by atoms with Crippen molar-refractivity contribution in [2.45, 2.75) is 46.1 Å². The van der Waals surface area contributed by atoms with Gasteiger partial charge in [-0.05, 0) is 40.2 Å². The van der Waals surface area contributed by atoms with Gasteiger partial charge in [-0.3, -0.25) is 9.59 Å². The van der Waals surface area contributed by atoms with E-state index in [1.807, 2.05) is 12.5 Å². The first-order chi connectivity index (χ1) is 12.6. The van der Waals surface area contributed by atoms with Gasteiger partial charge in [0, 0.05) is 6.42 Å². The van der Waals surface area contributed by atoms with E-state index >= 15 is 0 Å². The number of ether oxygens (including phenoxy) is 2. The molecule has 2 heterocycles. The van der Waals surface area contributed by atoms with Crippen LogP contribution in [0.4, 0.5) is 0 Å². The minimum absolute atomic E-state index is 0.167. The highest BCUT2D eigenvalue weighted by Crippen LogP contribution is 2.45. The number of rotatable bonds is 7. The third kappa shape index (κ3) is 5.19. The molecule has 0 N–H and O–H groups in total. The van der Waals surface area contributed by atoms with Crippen LogP contribution in [-0.2, 0) is 19.1 Å². The van der Waals surface area contributed by atoms with Crippen molar-refractivity contribution in [3.05, 3.63) is 0 Å². The lowest BCUT2D eigenvalue weighted by Gasteiger charge is -2.34. The zero-order valence-electron chi connectivity index (χ0n) is 16.6. The molecule has 0 fully saturated rings. The van der Waals surface area contributed by atoms with Crippen LogP contribution in [0.5, 0.6) is 0 Å². The fraction of sp³-hybridized carbons (Fsp3) is 0.647. The van der Waals surface area contributed by atoms with Gasteiger partial charge in [-0.2, -0.15) is 32.0 Å². The smallest absolute Gasteiger partial charge is 0.319 e. The highest BCUT2D eigenvalue weighted by molar-refractivity contribution is 8.40. The molecular weight excluding hydrogens is 388 g/mol. The summed E-state index contributed by atoms with van der Waals surface area (Å²) in [6.07, 6.45) is 4.02. The van der Waals surface area contributed by atoms with E-state index in [1.54, 1.807) is 38.8 Å². The van der Waals surface area contributed by atoms with Crippen LogP contribution >= 0.6 is 21.8 Å². The van der Waals surface area contributed by atoms with Gasteiger partial charge in [-0.25, -0.2) is 0 Å². The second-order valence-corrected chi connectivity index (χ2v) is 11.2. The highest BCUT2D eigenvalue weighted by Gasteiger charge is 2.51. The number of esters is 2. The number of carbonyl (C=O) groups is 2. The first-order valence-corrected chi connectivity index (χ1v) is 12.4. The fourth-order valence-corrected chi connectivity index (χ4v) is 5.29. The van der Waals surface area contributed by atoms with Crippen LogP contribution in [0.2, 0.25) is 0 Å². The molecule has 0 amide bonds. The maximum absolute atomic E-state index is 13.1. The Morgan fingerprint density at radius 3 is 2.19 bits per heavy atom. The molecule has 3 atom stereocenters. The summed E-state index contributed by atoms with van der Waals surface area (Å²) >= 11 is 0. The Hall–Kier alpha value is -1.68. The van der Waals surface area contributed by atoms with Gasteiger partial charge in [0.2, 0.25) is 0 Å². The summed E-state index contributed by atoms with van der Waals surface area (Å²) in [7, 11) is -1.59. The summed E-state index contributed by atoms with van der Waals surface area (Å²) in [5.41, 5.74) is 1.55. The number of nitrogens with zero attached hydrogens (tertiary/aromatic N) is 4. The first kappa shape index (κ1) is 21.6. The molecule has 27 heavy (non-hydrogen) atoms. The molecule has 2 aliphatic heterocycles. The molecular formula is C17H28N4O4S2. The van der Waals surface area contributed by atoms with Crippen molar-refractivity contribution in [1.82, 2.24) is 0 Å². The molecule has 0 aliphatic carbocycles. The minimum atomic E-state index is -1.28. The maximum atomic E-state index is 13.1. The molecule has 2 aliphatic rings. The molecule has 10 heteroatoms. The van der Waals surface area contributed by atoms with Crippen LogP contribution in [0, 0.1) is 5.41 Å². The molecule has 2 rings (SSSR count). The molecule has 0 aromatic heterocycles. The van der Waals surface area contributed by atoms with Gasteiger partial charge in [0.05, 0.1) is 34.2 Å². The molecule has 3 unspecified atom stereocenters. The Morgan fingerprint density at radius 1 is 1.07 bits per heavy atom. The van der Waals surface area contributed by atoms with Crippen LogP contribution in [0.3, 0.4) is 0 Å². The van der Waals surface area contributed by atoms with E-state index in [9.17, 15) is 9.59 Å². The number of thiol groups is 2. The van der Waals surface area contributed by atoms with Gasteiger partial charge < -0.3 is 9.47 Å². The topological polar surface area (TPSA) is 102 Å². The predicted molar refractivity (Wildman–Crippen MR) is 116 cm³/mol. The van der Waals surface area contributed by atoms with Gasteiger partial charge in [0.25, 0.3) is 0 Å². The summed E-state index contributed by atoms with van der Waals surface area (Å²) in [5, 5.41) is 17.7. The predicted octanol–water partition coefficient (Wildman–Crippen LogP) is 2.63. The van der Waals surface area contributed by atoms with Crippen molar-refractivity contribution in [1.29, 1.82) is 0 Å². The summed E-state index contributed by atoms with van der Waals surface area (Å²) in [6, 6.07) is 0. The van der Waals surface area contributed by atoms with E-state index in [0.717, 1.165) is 5.04 Å². The van der Waals surface area contributed by atoms with E-state index in [0.29, 0.717) is 5.04 Å². The van der Waals surface area contributed by atoms with E-state index in [1.165, 1.54) is 0 Å². The lowest BCUT2D eigenvalue weighted by Crippen LogP contribution is -2.44. The van der Waals surface area contributed by atoms with Crippen LogP contribution < -0.4 is 0 Å². The Kier molecular flexibility index (Phi) is 6.85. The van der Waals surface area contributed by atoms with Crippen LogP contribution in [-0.4, -0.2) is 57.8 Å². The molecule has 0 spiro atoms. The number of hydrogen-bond acceptors (Lipinski definition) is 8. The number of carbonyl (C=O) groups excluding carboxylic acids is 2. The summed E-state index contributed by atoms with van der Waals surface area (Å²) in [6.45, 7) is 7.31. The van der Waals surface area contributed by atoms with Crippen molar-refractivity contribution >= 4 is 54.9 Å². The minimum Gasteiger partial charge on any atom is -0.465 e. The Morgan fingerprint density at radius 2 is 1.70 bits per heavy atom. The van der Waals surface area contributed by atoms with Crippen molar-refractivity contribution in [2.75, 3.05) is 19.1 Å². The fourth-order valence-electron chi connectivity index (χ4n) is 2.80. The van der Waals surface area contributed by atoms with Gasteiger partial charge in [-0.15, -0.1) is 10.2 Å². The van der Waals surface area contributed by atoms with Crippen molar-refractivity contribution < 1.29 is 19.1 Å². The number of hydrogen-bond donors (Lipinski definition) is 2. The van der Waals surface area contributed by atoms with Gasteiger partial charge in [-0.1, -0.05) is 0 Å². The van der Waals surface area contributed by atoms with Crippen LogP contribution in [0.1, 0.15) is 40.5 Å². The average molecular weight is 417 g/mol. The second kappa shape index (κ2) is 8.55. The molecule has 0 aromatic carbocycles. The van der Waals surface area contributed by atoms with Crippen LogP contribution in [0.15, 0.2) is 20.4 Å². The quantitative estimate of drug-likeness (QED) is 0.492. The van der Waals surface area contributed by atoms with Gasteiger partial charge >= 0.3 is 11.9 Å². The van der Waals surface area contributed by atoms with Crippen molar-refractivity contribution in [3.8, 4) is 0 Å². The molecule has 0 saturated carbocycles. The summed E-state index contributed by atoms with van der Waals surface area (Å²) < 4.78 is 10.9. The molecule has 0 radical (unpaired) electrons. The average Bonchev–Trinajstić information content (AvgIpc) is 3.14. The van der Waals surface area contributed by atoms with Crippen molar-refractivity contribution in [2.24, 2.45) is 25.8 Å². The monoisotopic (exact) mass is 416 g/mol. The lowest BCUT2D eigenvalue weighted by molar-refractivity contribution is -0.163. The lowest BCUT2D eigenvalue weighted by atomic mass is 9.82. The standard InChI is InChI=1S/C17H28N4O4S2/c1-7-24-15(23)17(14-21-19-11-27(14)6,8-12-20-18-10-26(12)5)9-13(22)25-16(2,3)4/h10-11,26-27H,7-9H2,1-6H3. The maximum Gasteiger partial charge on any atom is 0.319 e. The van der Waals surface area contributed by atoms with E-state index in [4.69, 9.17) is 9.47 Å². The zero-order valence-corrected chi connectivity index (χ0v) is 18.4. The summed E-state index contributed by atoms with van der Waals surface area (Å²) in [4.78, 5) is 25.9. The third-order valence-corrected chi connectivity index (χ3v) is 7.08. The molecule has 152 valence electrons. The third-order valence-electron chi connectivity index (χ3n) is 3.94. The Labute approximate surface area is 165 Å². The van der Waals surface area contributed by atoms with E-state index < -0.39 is 44.7 Å². The van der Waals surface area contributed by atoms with E-state index in [2.05, 4.69) is 20.4 Å². The highest BCUT2D eigenvalue weighted by atomic mass is 32.2. The summed E-state index contributed by atoms with van der Waals surface area (Å²) in [5.74, 6) is -0.971. The molecule has 0 aromatic rings. The van der Waals surface area contributed by atoms with E-state index in [-0.39, 0.29) is 19.4 Å². The molecule has 8 nitrogen and oxygen atoms in total. The molecule has 0 bridgehead atoms. The van der Waals surface area contributed by atoms with Crippen LogP contribution in [0.25, 0.3) is 0 Å². The van der Waals surface area contributed by atoms with Gasteiger partial charge in [0.15, 0.2) is 0 Å². The Bertz CT molecular complexity index is 727. The molecule has 0 saturated heterocycles. The first-order valence-electron chi connectivity index (χ1n) is 8.65. The SMILES string of the molecule is CCOC(=O)C(CC(=O)OC(C)(C)C)(CC1=NN=C[SH]1C)C1=NN=C[SH]1C. The second-order valence-electron chi connectivity index (χ2n) is 7.37. The Balaban J connectivity index is 2.45. The largest absolute Gasteiger partial charge is 0.465 e. The van der Waals surface area contributed by atoms with Gasteiger partial charge in [0.1, 0.15) is 11.0 Å². The zero-order chi connectivity index (χ0) is 20.2. The van der Waals surface area contributed by atoms with Crippen molar-refractivity contribution in [3.63, 3.8) is 0 Å².